The first kappa shape index (κ1) is 23.2. The van der Waals surface area contributed by atoms with Gasteiger partial charge in [0.1, 0.15) is 0 Å². The van der Waals surface area contributed by atoms with Gasteiger partial charge < -0.3 is 5.73 Å². The van der Waals surface area contributed by atoms with Gasteiger partial charge in [-0.25, -0.2) is 0 Å². The van der Waals surface area contributed by atoms with Crippen molar-refractivity contribution in [3.8, 4) is 0 Å². The largest absolute Gasteiger partial charge is 0.699 e. The molecule has 13 heavy (non-hydrogen) atoms. The summed E-state index contributed by atoms with van der Waals surface area (Å²) < 4.78 is 0. The van der Waals surface area contributed by atoms with Gasteiger partial charge >= 0.3 is 0 Å². The van der Waals surface area contributed by atoms with Crippen molar-refractivity contribution in [2.75, 3.05) is 0 Å². The Morgan fingerprint density at radius 3 is 1.69 bits per heavy atom. The van der Waals surface area contributed by atoms with E-state index in [0.717, 1.165) is 5.56 Å². The molecule has 0 spiro atoms. The van der Waals surface area contributed by atoms with Crippen LogP contribution in [0.2, 0.25) is 0 Å². The van der Waals surface area contributed by atoms with Crippen LogP contribution in [0.15, 0.2) is 36.9 Å². The quantitative estimate of drug-likeness (QED) is 0.649. The summed E-state index contributed by atoms with van der Waals surface area (Å²) >= 11 is 0. The minimum Gasteiger partial charge on any atom is -0.699 e. The minimum absolute atomic E-state index is 0. The molecule has 0 aliphatic carbocycles. The number of nitrogens with one attached hydrogen (secondary N) is 1. The predicted octanol–water partition coefficient (Wildman–Crippen LogP) is 4.86. The molecule has 1 aromatic rings. The average Bonchev–Trinajstić information content (AvgIpc) is 1.90. The van der Waals surface area contributed by atoms with Crippen molar-refractivity contribution in [2.24, 2.45) is 0 Å². The number of benzene rings is 1. The van der Waals surface area contributed by atoms with Gasteiger partial charge in [0.2, 0.25) is 0 Å². The smallest absolute Gasteiger partial charge is 0 e. The Bertz CT molecular complexity index is 212. The third-order valence-corrected chi connectivity index (χ3v) is 1.12. The SMILES string of the molecule is C.C.C.C=C([NH-])c1ccccc1.[Ac].[HH]. The molecular weight excluding hydrogens is 373 g/mol. The Labute approximate surface area is 120 Å². The average molecular weight is 395 g/mol. The molecule has 75 valence electrons. The van der Waals surface area contributed by atoms with Crippen molar-refractivity contribution in [3.63, 3.8) is 0 Å². The maximum absolute atomic E-state index is 7.12. The molecule has 2 heteroatoms. The number of rotatable bonds is 1. The van der Waals surface area contributed by atoms with E-state index in [0.29, 0.717) is 5.70 Å². The first-order valence-corrected chi connectivity index (χ1v) is 2.76. The van der Waals surface area contributed by atoms with E-state index in [4.69, 9.17) is 5.73 Å². The Morgan fingerprint density at radius 1 is 1.08 bits per heavy atom. The van der Waals surface area contributed by atoms with E-state index in [1.807, 2.05) is 30.3 Å². The van der Waals surface area contributed by atoms with Crippen LogP contribution in [0.25, 0.3) is 11.4 Å². The Balaban J connectivity index is -0.0000000540. The molecule has 0 aromatic heterocycles. The monoisotopic (exact) mass is 395 g/mol. The van der Waals surface area contributed by atoms with Crippen LogP contribution in [-0.4, -0.2) is 0 Å². The van der Waals surface area contributed by atoms with Gasteiger partial charge in [0, 0.05) is 45.5 Å². The second-order valence-corrected chi connectivity index (χ2v) is 1.84. The van der Waals surface area contributed by atoms with Crippen LogP contribution in [0.4, 0.5) is 0 Å². The first-order valence-electron chi connectivity index (χ1n) is 2.76. The Kier molecular flexibility index (Phi) is 21.8. The maximum Gasteiger partial charge on any atom is 0 e. The molecule has 1 N–H and O–H groups in total. The molecule has 1 rings (SSSR count). The van der Waals surface area contributed by atoms with Gasteiger partial charge in [0.15, 0.2) is 0 Å². The fraction of sp³-hybridized carbons (Fsp3) is 0.273. The molecule has 0 saturated heterocycles. The molecule has 1 aromatic carbocycles. The fourth-order valence-electron chi connectivity index (χ4n) is 0.639. The van der Waals surface area contributed by atoms with Crippen molar-refractivity contribution in [1.82, 2.24) is 0 Å². The standard InChI is InChI=1S/C8H8N.3CH4.Ac.H2/c1-7(9)8-5-3-2-4-6-8;;;;;/h2-6,9H,1H2;3*1H4;;1H/q-1;;;;;. The molecule has 0 heterocycles. The van der Waals surface area contributed by atoms with Crippen molar-refractivity contribution >= 4 is 5.70 Å². The van der Waals surface area contributed by atoms with Crippen LogP contribution in [0.1, 0.15) is 29.3 Å². The minimum atomic E-state index is 0. The molecule has 0 saturated carbocycles. The zero-order chi connectivity index (χ0) is 6.69. The van der Waals surface area contributed by atoms with Crippen molar-refractivity contribution in [1.29, 1.82) is 0 Å². The third kappa shape index (κ3) is 8.53. The van der Waals surface area contributed by atoms with Gasteiger partial charge in [-0.15, -0.1) is 12.3 Å². The summed E-state index contributed by atoms with van der Waals surface area (Å²) in [6.45, 7) is 3.49. The number of hydrogen-bond acceptors (Lipinski definition) is 0. The summed E-state index contributed by atoms with van der Waals surface area (Å²) in [6, 6.07) is 9.46. The first-order chi connectivity index (χ1) is 4.30. The van der Waals surface area contributed by atoms with Gasteiger partial charge in [-0.1, -0.05) is 52.6 Å². The number of hydrogen-bond donors (Lipinski definition) is 0. The van der Waals surface area contributed by atoms with Crippen LogP contribution in [0, 0.1) is 44.1 Å². The van der Waals surface area contributed by atoms with Crippen molar-refractivity contribution in [2.45, 2.75) is 22.3 Å². The van der Waals surface area contributed by atoms with Gasteiger partial charge in [-0.3, -0.25) is 0 Å². The Morgan fingerprint density at radius 2 is 1.46 bits per heavy atom. The summed E-state index contributed by atoms with van der Waals surface area (Å²) in [6.07, 6.45) is 0. The fourth-order valence-corrected chi connectivity index (χ4v) is 0.639. The van der Waals surface area contributed by atoms with Gasteiger partial charge in [0.05, 0.1) is 0 Å². The molecule has 0 aliphatic heterocycles. The molecule has 1 nitrogen and oxygen atoms in total. The Hall–Kier alpha value is 0.202. The second-order valence-electron chi connectivity index (χ2n) is 1.84. The molecular formula is C11H22AcN-. The summed E-state index contributed by atoms with van der Waals surface area (Å²) in [7, 11) is 0. The van der Waals surface area contributed by atoms with Gasteiger partial charge in [-0.2, -0.15) is 0 Å². The van der Waals surface area contributed by atoms with E-state index in [2.05, 4.69) is 6.58 Å². The molecule has 0 aliphatic rings. The third-order valence-electron chi connectivity index (χ3n) is 1.12. The van der Waals surface area contributed by atoms with Crippen molar-refractivity contribution < 1.29 is 45.5 Å². The summed E-state index contributed by atoms with van der Waals surface area (Å²) in [4.78, 5) is 0. The van der Waals surface area contributed by atoms with Crippen LogP contribution in [0.3, 0.4) is 0 Å². The summed E-state index contributed by atoms with van der Waals surface area (Å²) in [5.41, 5.74) is 8.38. The van der Waals surface area contributed by atoms with Crippen LogP contribution < -0.4 is 0 Å². The molecule has 1 radical (unpaired) electrons. The van der Waals surface area contributed by atoms with E-state index < -0.39 is 0 Å². The van der Waals surface area contributed by atoms with E-state index in [9.17, 15) is 0 Å². The topological polar surface area (TPSA) is 23.8 Å². The molecule has 0 unspecified atom stereocenters. The van der Waals surface area contributed by atoms with Gasteiger partial charge in [0.25, 0.3) is 0 Å². The molecule has 0 atom stereocenters. The van der Waals surface area contributed by atoms with E-state index in [1.54, 1.807) is 0 Å². The van der Waals surface area contributed by atoms with E-state index >= 15 is 0 Å². The van der Waals surface area contributed by atoms with Gasteiger partial charge in [-0.05, 0) is 5.56 Å². The second kappa shape index (κ2) is 12.2. The normalized spacial score (nSPS) is 6.15. The van der Waals surface area contributed by atoms with Crippen LogP contribution in [0.5, 0.6) is 0 Å². The summed E-state index contributed by atoms with van der Waals surface area (Å²) in [5.74, 6) is 0. The zero-order valence-corrected chi connectivity index (χ0v) is 10.4. The molecule has 0 fully saturated rings. The zero-order valence-electron chi connectivity index (χ0n) is 5.67. The van der Waals surface area contributed by atoms with Crippen LogP contribution in [-0.2, 0) is 0 Å². The maximum atomic E-state index is 7.12. The molecule has 0 bridgehead atoms. The van der Waals surface area contributed by atoms with Crippen LogP contribution >= 0.6 is 0 Å². The summed E-state index contributed by atoms with van der Waals surface area (Å²) in [5, 5.41) is 0. The van der Waals surface area contributed by atoms with E-state index in [1.165, 1.54) is 0 Å². The van der Waals surface area contributed by atoms with Crippen molar-refractivity contribution in [3.05, 3.63) is 48.2 Å². The molecule has 0 amide bonds. The predicted molar refractivity (Wildman–Crippen MR) is 62.1 cm³/mol. The van der Waals surface area contributed by atoms with E-state index in [-0.39, 0.29) is 67.8 Å².